The number of hydrogen-bond donors (Lipinski definition) is 0. The second kappa shape index (κ2) is 8.64. The molecule has 1 unspecified atom stereocenters. The summed E-state index contributed by atoms with van der Waals surface area (Å²) >= 11 is 5.49. The van der Waals surface area contributed by atoms with Gasteiger partial charge >= 0.3 is 5.97 Å². The Morgan fingerprint density at radius 1 is 1.29 bits per heavy atom. The van der Waals surface area contributed by atoms with E-state index in [0.717, 1.165) is 34.4 Å². The number of methoxy groups -OCH3 is 1. The SMILES string of the molecule is C=CCC1N(S(=O)(=O)c2cccc(C(=O)OC)c2)c2ccc(Br)cc2C12CCSCC2. The molecule has 8 heteroatoms. The molecule has 2 aliphatic rings. The molecule has 1 atom stereocenters. The Morgan fingerprint density at radius 2 is 2.03 bits per heavy atom. The van der Waals surface area contributed by atoms with Gasteiger partial charge in [0, 0.05) is 9.89 Å². The van der Waals surface area contributed by atoms with Gasteiger partial charge in [0.25, 0.3) is 10.0 Å². The number of thioether (sulfide) groups is 1. The van der Waals surface area contributed by atoms with Crippen molar-refractivity contribution in [1.82, 2.24) is 0 Å². The summed E-state index contributed by atoms with van der Waals surface area (Å²) in [5.41, 5.74) is 1.74. The fraction of sp³-hybridized carbons (Fsp3) is 0.348. The summed E-state index contributed by atoms with van der Waals surface area (Å²) in [4.78, 5) is 12.1. The Hall–Kier alpha value is -1.77. The minimum Gasteiger partial charge on any atom is -0.465 e. The van der Waals surface area contributed by atoms with Crippen molar-refractivity contribution in [2.45, 2.75) is 35.6 Å². The molecule has 1 saturated heterocycles. The third-order valence-corrected chi connectivity index (χ3v) is 9.54. The van der Waals surface area contributed by atoms with E-state index in [-0.39, 0.29) is 21.9 Å². The van der Waals surface area contributed by atoms with Crippen LogP contribution in [0.2, 0.25) is 0 Å². The number of rotatable bonds is 5. The maximum Gasteiger partial charge on any atom is 0.337 e. The van der Waals surface area contributed by atoms with Crippen molar-refractivity contribution in [3.63, 3.8) is 0 Å². The minimum atomic E-state index is -3.92. The molecule has 2 heterocycles. The molecular weight excluding hydrogens is 498 g/mol. The average molecular weight is 522 g/mol. The Kier molecular flexibility index (Phi) is 6.25. The van der Waals surface area contributed by atoms with E-state index in [0.29, 0.717) is 12.1 Å². The van der Waals surface area contributed by atoms with Crippen molar-refractivity contribution in [1.29, 1.82) is 0 Å². The standard InChI is InChI=1S/C23H24BrNO4S2/c1-3-5-21-23(10-12-30-13-11-23)19-15-17(24)8-9-20(19)25(21)31(27,28)18-7-4-6-16(14-18)22(26)29-2/h3-4,6-9,14-15,21H,1,5,10-13H2,2H3. The van der Waals surface area contributed by atoms with Gasteiger partial charge in [-0.05, 0) is 72.7 Å². The molecule has 4 rings (SSSR count). The number of nitrogens with zero attached hydrogens (tertiary/aromatic N) is 1. The molecule has 0 radical (unpaired) electrons. The van der Waals surface area contributed by atoms with E-state index in [9.17, 15) is 13.2 Å². The number of anilines is 1. The number of benzene rings is 2. The van der Waals surface area contributed by atoms with E-state index >= 15 is 0 Å². The van der Waals surface area contributed by atoms with Crippen LogP contribution in [0.3, 0.4) is 0 Å². The lowest BCUT2D eigenvalue weighted by Gasteiger charge is -2.41. The zero-order chi connectivity index (χ0) is 22.2. The molecule has 0 bridgehead atoms. The van der Waals surface area contributed by atoms with Gasteiger partial charge in [-0.1, -0.05) is 28.1 Å². The molecular formula is C23H24BrNO4S2. The first-order valence-electron chi connectivity index (χ1n) is 10.1. The normalized spacial score (nSPS) is 19.8. The van der Waals surface area contributed by atoms with E-state index in [4.69, 9.17) is 4.74 Å². The summed E-state index contributed by atoms with van der Waals surface area (Å²) in [6.45, 7) is 3.92. The molecule has 0 N–H and O–H groups in total. The lowest BCUT2D eigenvalue weighted by Crippen LogP contribution is -2.48. The highest BCUT2D eigenvalue weighted by atomic mass is 79.9. The monoisotopic (exact) mass is 521 g/mol. The number of hydrogen-bond acceptors (Lipinski definition) is 5. The van der Waals surface area contributed by atoms with Gasteiger partial charge in [0.1, 0.15) is 0 Å². The third kappa shape index (κ3) is 3.72. The van der Waals surface area contributed by atoms with Gasteiger partial charge in [-0.2, -0.15) is 11.8 Å². The van der Waals surface area contributed by atoms with Crippen LogP contribution in [0.25, 0.3) is 0 Å². The van der Waals surface area contributed by atoms with E-state index in [1.807, 2.05) is 30.0 Å². The summed E-state index contributed by atoms with van der Waals surface area (Å²) < 4.78 is 35.2. The lowest BCUT2D eigenvalue weighted by atomic mass is 9.71. The number of carbonyl (C=O) groups is 1. The summed E-state index contributed by atoms with van der Waals surface area (Å²) in [5.74, 6) is 1.42. The average Bonchev–Trinajstić information content (AvgIpc) is 3.03. The Morgan fingerprint density at radius 3 is 2.71 bits per heavy atom. The van der Waals surface area contributed by atoms with Crippen LogP contribution in [-0.4, -0.2) is 39.0 Å². The fourth-order valence-corrected chi connectivity index (χ4v) is 8.18. The Bertz CT molecular complexity index is 1130. The molecule has 0 aromatic heterocycles. The number of fused-ring (bicyclic) bond motifs is 2. The van der Waals surface area contributed by atoms with Crippen LogP contribution in [-0.2, 0) is 20.2 Å². The first-order chi connectivity index (χ1) is 14.8. The molecule has 2 aromatic rings. The smallest absolute Gasteiger partial charge is 0.337 e. The summed E-state index contributed by atoms with van der Waals surface area (Å²) in [5, 5.41) is 0. The summed E-state index contributed by atoms with van der Waals surface area (Å²) in [6, 6.07) is 11.6. The van der Waals surface area contributed by atoms with Crippen LogP contribution < -0.4 is 4.31 Å². The number of sulfonamides is 1. The number of esters is 1. The molecule has 164 valence electrons. The minimum absolute atomic E-state index is 0.0839. The molecule has 2 aromatic carbocycles. The first kappa shape index (κ1) is 22.4. The van der Waals surface area contributed by atoms with Gasteiger partial charge < -0.3 is 4.74 Å². The molecule has 0 amide bonds. The highest BCUT2D eigenvalue weighted by molar-refractivity contribution is 9.10. The van der Waals surface area contributed by atoms with E-state index in [1.165, 1.54) is 19.2 Å². The van der Waals surface area contributed by atoms with Crippen LogP contribution in [0, 0.1) is 0 Å². The Balaban J connectivity index is 1.90. The second-order valence-electron chi connectivity index (χ2n) is 7.79. The van der Waals surface area contributed by atoms with Crippen molar-refractivity contribution in [3.05, 3.63) is 70.7 Å². The highest BCUT2D eigenvalue weighted by Gasteiger charge is 2.54. The van der Waals surface area contributed by atoms with Crippen LogP contribution in [0.1, 0.15) is 35.2 Å². The number of ether oxygens (including phenoxy) is 1. The molecule has 0 saturated carbocycles. The predicted octanol–water partition coefficient (Wildman–Crippen LogP) is 5.15. The van der Waals surface area contributed by atoms with Crippen molar-refractivity contribution in [3.8, 4) is 0 Å². The molecule has 0 aliphatic carbocycles. The van der Waals surface area contributed by atoms with Crippen molar-refractivity contribution < 1.29 is 17.9 Å². The lowest BCUT2D eigenvalue weighted by molar-refractivity contribution is 0.0600. The van der Waals surface area contributed by atoms with Gasteiger partial charge in [0.15, 0.2) is 0 Å². The first-order valence-corrected chi connectivity index (χ1v) is 13.5. The Labute approximate surface area is 196 Å². The summed E-state index contributed by atoms with van der Waals surface area (Å²) in [7, 11) is -2.64. The van der Waals surface area contributed by atoms with Gasteiger partial charge in [0.2, 0.25) is 0 Å². The third-order valence-electron chi connectivity index (χ3n) is 6.24. The zero-order valence-corrected chi connectivity index (χ0v) is 20.4. The van der Waals surface area contributed by atoms with Crippen LogP contribution >= 0.6 is 27.7 Å². The van der Waals surface area contributed by atoms with Gasteiger partial charge in [0.05, 0.1) is 29.3 Å². The second-order valence-corrected chi connectivity index (χ2v) is 11.7. The van der Waals surface area contributed by atoms with Crippen LogP contribution in [0.15, 0.2) is 64.5 Å². The van der Waals surface area contributed by atoms with Gasteiger partial charge in [-0.15, -0.1) is 6.58 Å². The van der Waals surface area contributed by atoms with E-state index in [1.54, 1.807) is 16.4 Å². The van der Waals surface area contributed by atoms with Crippen molar-refractivity contribution in [2.24, 2.45) is 0 Å². The highest BCUT2D eigenvalue weighted by Crippen LogP contribution is 2.55. The van der Waals surface area contributed by atoms with Crippen molar-refractivity contribution in [2.75, 3.05) is 22.9 Å². The largest absolute Gasteiger partial charge is 0.465 e. The van der Waals surface area contributed by atoms with Crippen LogP contribution in [0.4, 0.5) is 5.69 Å². The molecule has 1 fully saturated rings. The van der Waals surface area contributed by atoms with Crippen LogP contribution in [0.5, 0.6) is 0 Å². The van der Waals surface area contributed by atoms with E-state index < -0.39 is 16.0 Å². The van der Waals surface area contributed by atoms with E-state index in [2.05, 4.69) is 28.6 Å². The molecule has 2 aliphatic heterocycles. The summed E-state index contributed by atoms with van der Waals surface area (Å²) in [6.07, 6.45) is 4.18. The molecule has 31 heavy (non-hydrogen) atoms. The van der Waals surface area contributed by atoms with Crippen molar-refractivity contribution >= 4 is 49.4 Å². The molecule has 1 spiro atoms. The molecule has 5 nitrogen and oxygen atoms in total. The predicted molar refractivity (Wildman–Crippen MR) is 128 cm³/mol. The number of carbonyl (C=O) groups excluding carboxylic acids is 1. The quantitative estimate of drug-likeness (QED) is 0.401. The fourth-order valence-electron chi connectivity index (χ4n) is 4.80. The van der Waals surface area contributed by atoms with Gasteiger partial charge in [-0.25, -0.2) is 13.2 Å². The zero-order valence-electron chi connectivity index (χ0n) is 17.2. The van der Waals surface area contributed by atoms with Gasteiger partial charge in [-0.3, -0.25) is 4.31 Å². The maximum atomic E-state index is 14.0. The maximum absolute atomic E-state index is 14.0. The topological polar surface area (TPSA) is 63.7 Å². The number of halogens is 1.